The predicted octanol–water partition coefficient (Wildman–Crippen LogP) is 3.92. The topological polar surface area (TPSA) is 52.0 Å². The fourth-order valence-electron chi connectivity index (χ4n) is 2.77. The second-order valence-corrected chi connectivity index (χ2v) is 6.85. The normalized spacial score (nSPS) is 11.2. The van der Waals surface area contributed by atoms with Gasteiger partial charge in [-0.1, -0.05) is 29.8 Å². The van der Waals surface area contributed by atoms with Crippen molar-refractivity contribution in [3.05, 3.63) is 80.0 Å². The van der Waals surface area contributed by atoms with Crippen LogP contribution < -0.4 is 11.0 Å². The number of hydrogen-bond donors (Lipinski definition) is 0. The summed E-state index contributed by atoms with van der Waals surface area (Å²) in [6.07, 6.45) is 0. The third kappa shape index (κ3) is 2.25. The summed E-state index contributed by atoms with van der Waals surface area (Å²) < 4.78 is 2.25. The fourth-order valence-corrected chi connectivity index (χ4v) is 4.04. The van der Waals surface area contributed by atoms with E-state index in [1.54, 1.807) is 43.3 Å². The molecule has 0 N–H and O–H groups in total. The van der Waals surface area contributed by atoms with Crippen molar-refractivity contribution in [2.24, 2.45) is 0 Å². The maximum atomic E-state index is 13.0. The van der Waals surface area contributed by atoms with Crippen molar-refractivity contribution in [2.45, 2.75) is 6.92 Å². The summed E-state index contributed by atoms with van der Waals surface area (Å²) in [6.45, 7) is 1.74. The first-order chi connectivity index (χ1) is 11.6. The van der Waals surface area contributed by atoms with Gasteiger partial charge in [-0.2, -0.15) is 0 Å². The van der Waals surface area contributed by atoms with E-state index in [-0.39, 0.29) is 16.4 Å². The predicted molar refractivity (Wildman–Crippen MR) is 98.7 cm³/mol. The number of nitrogens with zero attached hydrogens (tertiary/aromatic N) is 2. The van der Waals surface area contributed by atoms with E-state index in [1.807, 2.05) is 12.1 Å². The van der Waals surface area contributed by atoms with Crippen LogP contribution in [0.3, 0.4) is 0 Å². The summed E-state index contributed by atoms with van der Waals surface area (Å²) in [5, 5.41) is 1.17. The number of aryl methyl sites for hydroxylation is 1. The molecule has 0 unspecified atom stereocenters. The molecule has 0 radical (unpaired) electrons. The molecule has 0 aliphatic carbocycles. The zero-order valence-electron chi connectivity index (χ0n) is 12.6. The minimum Gasteiger partial charge on any atom is -0.288 e. The molecule has 0 spiro atoms. The molecule has 2 aromatic heterocycles. The van der Waals surface area contributed by atoms with E-state index in [0.717, 1.165) is 4.70 Å². The maximum absolute atomic E-state index is 13.0. The summed E-state index contributed by atoms with van der Waals surface area (Å²) in [4.78, 5) is 30.8. The third-order valence-electron chi connectivity index (χ3n) is 3.85. The lowest BCUT2D eigenvalue weighted by molar-refractivity contribution is 0.896. The van der Waals surface area contributed by atoms with Crippen molar-refractivity contribution in [2.75, 3.05) is 0 Å². The Bertz CT molecular complexity index is 1230. The molecular weight excluding hydrogens is 344 g/mol. The highest BCUT2D eigenvalue weighted by molar-refractivity contribution is 7.24. The van der Waals surface area contributed by atoms with Crippen LogP contribution in [0.25, 0.3) is 26.0 Å². The Kier molecular flexibility index (Phi) is 3.48. The molecule has 2 aromatic carbocycles. The van der Waals surface area contributed by atoms with Gasteiger partial charge >= 0.3 is 0 Å². The van der Waals surface area contributed by atoms with Crippen LogP contribution in [-0.2, 0) is 0 Å². The molecular formula is C18H11ClN2O2S. The van der Waals surface area contributed by atoms with Gasteiger partial charge in [0.2, 0.25) is 5.43 Å². The first-order valence-electron chi connectivity index (χ1n) is 7.27. The quantitative estimate of drug-likeness (QED) is 0.487. The van der Waals surface area contributed by atoms with Gasteiger partial charge in [-0.3, -0.25) is 14.2 Å². The second-order valence-electron chi connectivity index (χ2n) is 5.39. The minimum atomic E-state index is -0.369. The third-order valence-corrected chi connectivity index (χ3v) is 5.15. The van der Waals surface area contributed by atoms with Gasteiger partial charge < -0.3 is 0 Å². The highest BCUT2D eigenvalue weighted by Crippen LogP contribution is 2.22. The number of hydrogen-bond acceptors (Lipinski definition) is 4. The zero-order valence-corrected chi connectivity index (χ0v) is 14.2. The van der Waals surface area contributed by atoms with E-state index in [9.17, 15) is 9.59 Å². The van der Waals surface area contributed by atoms with Crippen LogP contribution >= 0.6 is 22.9 Å². The van der Waals surface area contributed by atoms with Gasteiger partial charge in [-0.05, 0) is 37.3 Å². The maximum Gasteiger partial charge on any atom is 0.270 e. The molecule has 0 amide bonds. The van der Waals surface area contributed by atoms with Crippen LogP contribution in [0, 0.1) is 6.92 Å². The number of benzene rings is 2. The monoisotopic (exact) mass is 354 g/mol. The fraction of sp³-hybridized carbons (Fsp3) is 0.0556. The molecule has 2 heterocycles. The minimum absolute atomic E-state index is 0.115. The van der Waals surface area contributed by atoms with Crippen molar-refractivity contribution < 1.29 is 0 Å². The van der Waals surface area contributed by atoms with E-state index in [0.29, 0.717) is 26.8 Å². The molecule has 4 nitrogen and oxygen atoms in total. The number of halogens is 1. The van der Waals surface area contributed by atoms with Crippen LogP contribution in [0.1, 0.15) is 5.82 Å². The smallest absolute Gasteiger partial charge is 0.270 e. The van der Waals surface area contributed by atoms with Gasteiger partial charge in [0, 0.05) is 15.1 Å². The van der Waals surface area contributed by atoms with Crippen molar-refractivity contribution in [1.29, 1.82) is 0 Å². The molecule has 4 rings (SSSR count). The van der Waals surface area contributed by atoms with Crippen LogP contribution in [0.4, 0.5) is 0 Å². The van der Waals surface area contributed by atoms with Crippen molar-refractivity contribution in [1.82, 2.24) is 9.55 Å². The van der Waals surface area contributed by atoms with E-state index >= 15 is 0 Å². The average molecular weight is 355 g/mol. The number of aromatic nitrogens is 2. The Morgan fingerprint density at radius 1 is 1.08 bits per heavy atom. The van der Waals surface area contributed by atoms with Crippen molar-refractivity contribution >= 4 is 43.2 Å². The largest absolute Gasteiger partial charge is 0.288 e. The molecule has 0 saturated heterocycles. The first kappa shape index (κ1) is 15.1. The van der Waals surface area contributed by atoms with E-state index in [2.05, 4.69) is 4.98 Å². The van der Waals surface area contributed by atoms with Gasteiger partial charge in [0.05, 0.1) is 5.69 Å². The molecule has 0 aliphatic rings. The molecule has 0 bridgehead atoms. The Hall–Kier alpha value is -2.50. The average Bonchev–Trinajstić information content (AvgIpc) is 2.54. The molecule has 0 aliphatic heterocycles. The molecule has 24 heavy (non-hydrogen) atoms. The van der Waals surface area contributed by atoms with Crippen molar-refractivity contribution in [3.63, 3.8) is 0 Å². The summed E-state index contributed by atoms with van der Waals surface area (Å²) in [7, 11) is 0. The molecule has 0 saturated carbocycles. The Balaban J connectivity index is 2.18. The lowest BCUT2D eigenvalue weighted by Gasteiger charge is -2.11. The van der Waals surface area contributed by atoms with E-state index in [1.165, 1.54) is 15.9 Å². The van der Waals surface area contributed by atoms with Gasteiger partial charge in [-0.25, -0.2) is 4.98 Å². The SMILES string of the molecule is Cc1nc2sc3ccccc3c(=O)c2c(=O)n1-c1cccc(Cl)c1. The summed E-state index contributed by atoms with van der Waals surface area (Å²) in [5.41, 5.74) is -0.0589. The van der Waals surface area contributed by atoms with Crippen LogP contribution in [0.5, 0.6) is 0 Å². The number of fused-ring (bicyclic) bond motifs is 2. The van der Waals surface area contributed by atoms with E-state index in [4.69, 9.17) is 11.6 Å². The van der Waals surface area contributed by atoms with Crippen LogP contribution in [-0.4, -0.2) is 9.55 Å². The number of rotatable bonds is 1. The van der Waals surface area contributed by atoms with Gasteiger partial charge in [-0.15, -0.1) is 11.3 Å². The van der Waals surface area contributed by atoms with E-state index < -0.39 is 0 Å². The lowest BCUT2D eigenvalue weighted by Crippen LogP contribution is -2.26. The standard InChI is InChI=1S/C18H11ClN2O2S/c1-10-20-17-15(16(22)13-7-2-3-8-14(13)24-17)18(23)21(10)12-6-4-5-11(19)9-12/h2-9H,1H3. The van der Waals surface area contributed by atoms with Crippen molar-refractivity contribution in [3.8, 4) is 5.69 Å². The lowest BCUT2D eigenvalue weighted by atomic mass is 10.2. The Labute approximate surface area is 145 Å². The van der Waals surface area contributed by atoms with Crippen LogP contribution in [0.2, 0.25) is 5.02 Å². The Morgan fingerprint density at radius 2 is 1.88 bits per heavy atom. The van der Waals surface area contributed by atoms with Gasteiger partial charge in [0.1, 0.15) is 16.0 Å². The van der Waals surface area contributed by atoms with Gasteiger partial charge in [0.25, 0.3) is 5.56 Å². The summed E-state index contributed by atoms with van der Waals surface area (Å²) in [5.74, 6) is 0.515. The molecule has 0 fully saturated rings. The highest BCUT2D eigenvalue weighted by atomic mass is 35.5. The summed E-state index contributed by atoms with van der Waals surface area (Å²) in [6, 6.07) is 14.2. The summed E-state index contributed by atoms with van der Waals surface area (Å²) >= 11 is 7.38. The second kappa shape index (κ2) is 5.54. The highest BCUT2D eigenvalue weighted by Gasteiger charge is 2.15. The van der Waals surface area contributed by atoms with Crippen LogP contribution in [0.15, 0.2) is 58.1 Å². The molecule has 6 heteroatoms. The molecule has 118 valence electrons. The first-order valence-corrected chi connectivity index (χ1v) is 8.47. The van der Waals surface area contributed by atoms with Gasteiger partial charge in [0.15, 0.2) is 0 Å². The zero-order chi connectivity index (χ0) is 16.8. The molecule has 4 aromatic rings. The molecule has 0 atom stereocenters. The Morgan fingerprint density at radius 3 is 2.67 bits per heavy atom.